The molecule has 126 valence electrons. The van der Waals surface area contributed by atoms with Gasteiger partial charge in [-0.15, -0.1) is 13.2 Å². The molecule has 0 atom stereocenters. The molecule has 0 saturated carbocycles. The third-order valence-corrected chi connectivity index (χ3v) is 3.51. The number of halogens is 3. The molecular weight excluding hydrogens is 301 g/mol. The Morgan fingerprint density at radius 2 is 1.48 bits per heavy atom. The highest BCUT2D eigenvalue weighted by atomic mass is 19.4. The minimum absolute atomic E-state index is 0. The Balaban J connectivity index is 0.00000264. The van der Waals surface area contributed by atoms with Crippen LogP contribution in [-0.4, -0.2) is 6.36 Å². The van der Waals surface area contributed by atoms with E-state index in [4.69, 9.17) is 0 Å². The minimum Gasteiger partial charge on any atom is -0.405 e. The Labute approximate surface area is 136 Å². The summed E-state index contributed by atoms with van der Waals surface area (Å²) in [5.74, 6) is -0.177. The summed E-state index contributed by atoms with van der Waals surface area (Å²) in [5.41, 5.74) is 3.10. The maximum atomic E-state index is 12.6. The van der Waals surface area contributed by atoms with Crippen molar-refractivity contribution in [2.45, 2.75) is 46.9 Å². The van der Waals surface area contributed by atoms with E-state index in [0.717, 1.165) is 16.7 Å². The van der Waals surface area contributed by atoms with Gasteiger partial charge in [-0.3, -0.25) is 0 Å². The third-order valence-electron chi connectivity index (χ3n) is 3.51. The van der Waals surface area contributed by atoms with Gasteiger partial charge in [0.25, 0.3) is 0 Å². The van der Waals surface area contributed by atoms with Crippen molar-refractivity contribution < 1.29 is 17.9 Å². The van der Waals surface area contributed by atoms with Crippen LogP contribution in [0.1, 0.15) is 39.3 Å². The summed E-state index contributed by atoms with van der Waals surface area (Å²) < 4.78 is 41.9. The number of ether oxygens (including phenoxy) is 1. The van der Waals surface area contributed by atoms with Crippen LogP contribution in [0.3, 0.4) is 0 Å². The first-order chi connectivity index (χ1) is 10.1. The van der Waals surface area contributed by atoms with Gasteiger partial charge in [-0.25, -0.2) is 0 Å². The van der Waals surface area contributed by atoms with Gasteiger partial charge in [0.2, 0.25) is 0 Å². The average Bonchev–Trinajstić information content (AvgIpc) is 2.37. The first-order valence-electron chi connectivity index (χ1n) is 7.04. The highest BCUT2D eigenvalue weighted by Gasteiger charge is 2.32. The normalized spacial score (nSPS) is 11.8. The Morgan fingerprint density at radius 3 is 2.04 bits per heavy atom. The number of rotatable bonds is 2. The van der Waals surface area contributed by atoms with Crippen molar-refractivity contribution in [1.29, 1.82) is 0 Å². The molecule has 2 rings (SSSR count). The van der Waals surface area contributed by atoms with Crippen molar-refractivity contribution in [3.05, 3.63) is 53.6 Å². The van der Waals surface area contributed by atoms with Crippen LogP contribution in [-0.2, 0) is 5.41 Å². The SMILES string of the molecule is C.Cc1ccc(C(C)(C)C)cc1-c1ccccc1OC(F)(F)F. The highest BCUT2D eigenvalue weighted by Crippen LogP contribution is 2.37. The van der Waals surface area contributed by atoms with Gasteiger partial charge in [-0.05, 0) is 35.1 Å². The van der Waals surface area contributed by atoms with E-state index in [-0.39, 0.29) is 18.6 Å². The largest absolute Gasteiger partial charge is 0.573 e. The molecule has 0 aliphatic heterocycles. The highest BCUT2D eigenvalue weighted by molar-refractivity contribution is 5.74. The van der Waals surface area contributed by atoms with Crippen molar-refractivity contribution in [3.8, 4) is 16.9 Å². The van der Waals surface area contributed by atoms with Crippen LogP contribution in [0.2, 0.25) is 0 Å². The molecule has 0 aliphatic carbocycles. The summed E-state index contributed by atoms with van der Waals surface area (Å²) in [4.78, 5) is 0. The molecule has 0 aromatic heterocycles. The molecule has 2 aromatic rings. The minimum atomic E-state index is -4.70. The second kappa shape index (κ2) is 6.65. The topological polar surface area (TPSA) is 9.23 Å². The number of alkyl halides is 3. The van der Waals surface area contributed by atoms with Crippen LogP contribution in [0.4, 0.5) is 13.2 Å². The maximum Gasteiger partial charge on any atom is 0.573 e. The Kier molecular flexibility index (Phi) is 5.51. The fourth-order valence-electron chi connectivity index (χ4n) is 2.28. The van der Waals surface area contributed by atoms with Crippen molar-refractivity contribution in [2.75, 3.05) is 0 Å². The lowest BCUT2D eigenvalue weighted by molar-refractivity contribution is -0.274. The molecule has 0 bridgehead atoms. The summed E-state index contributed by atoms with van der Waals surface area (Å²) in [7, 11) is 0. The quantitative estimate of drug-likeness (QED) is 0.613. The van der Waals surface area contributed by atoms with E-state index < -0.39 is 6.36 Å². The molecule has 4 heteroatoms. The van der Waals surface area contributed by atoms with Gasteiger partial charge in [-0.1, -0.05) is 64.6 Å². The molecule has 0 unspecified atom stereocenters. The Morgan fingerprint density at radius 1 is 0.870 bits per heavy atom. The molecule has 2 aromatic carbocycles. The van der Waals surface area contributed by atoms with Gasteiger partial charge >= 0.3 is 6.36 Å². The number of aryl methyl sites for hydroxylation is 1. The predicted molar refractivity (Wildman–Crippen MR) is 88.7 cm³/mol. The zero-order chi connectivity index (χ0) is 16.5. The molecule has 0 fully saturated rings. The monoisotopic (exact) mass is 324 g/mol. The van der Waals surface area contributed by atoms with E-state index in [1.54, 1.807) is 12.1 Å². The van der Waals surface area contributed by atoms with Crippen LogP contribution in [0.25, 0.3) is 11.1 Å². The molecule has 0 spiro atoms. The lowest BCUT2D eigenvalue weighted by atomic mass is 9.84. The molecular formula is C19H23F3O. The first-order valence-corrected chi connectivity index (χ1v) is 7.04. The number of hydrogen-bond donors (Lipinski definition) is 0. The smallest absolute Gasteiger partial charge is 0.405 e. The lowest BCUT2D eigenvalue weighted by Gasteiger charge is -2.22. The maximum absolute atomic E-state index is 12.6. The predicted octanol–water partition coefficient (Wildman–Crippen LogP) is 6.49. The van der Waals surface area contributed by atoms with Crippen LogP contribution in [0.5, 0.6) is 5.75 Å². The molecule has 0 N–H and O–H groups in total. The zero-order valence-electron chi connectivity index (χ0n) is 13.1. The Hall–Kier alpha value is -1.97. The lowest BCUT2D eigenvalue weighted by Crippen LogP contribution is -2.17. The number of para-hydroxylation sites is 1. The zero-order valence-corrected chi connectivity index (χ0v) is 13.1. The molecule has 1 nitrogen and oxygen atoms in total. The van der Waals surface area contributed by atoms with E-state index in [2.05, 4.69) is 25.5 Å². The van der Waals surface area contributed by atoms with E-state index >= 15 is 0 Å². The fourth-order valence-corrected chi connectivity index (χ4v) is 2.28. The summed E-state index contributed by atoms with van der Waals surface area (Å²) in [5, 5.41) is 0. The van der Waals surface area contributed by atoms with Crippen LogP contribution >= 0.6 is 0 Å². The molecule has 0 radical (unpaired) electrons. The van der Waals surface area contributed by atoms with Gasteiger partial charge in [0, 0.05) is 5.56 Å². The van der Waals surface area contributed by atoms with Crippen molar-refractivity contribution in [3.63, 3.8) is 0 Å². The molecule has 0 amide bonds. The number of benzene rings is 2. The Bertz CT molecular complexity index is 667. The second-order valence-electron chi connectivity index (χ2n) is 6.32. The molecule has 0 saturated heterocycles. The van der Waals surface area contributed by atoms with Gasteiger partial charge in [-0.2, -0.15) is 0 Å². The standard InChI is InChI=1S/C18H19F3O.CH4/c1-12-9-10-13(17(2,3)4)11-15(12)14-7-5-6-8-16(14)22-18(19,20)21;/h5-11H,1-4H3;1H4. The van der Waals surface area contributed by atoms with Crippen LogP contribution in [0.15, 0.2) is 42.5 Å². The summed E-state index contributed by atoms with van der Waals surface area (Å²) in [6.07, 6.45) is -4.70. The molecule has 0 heterocycles. The van der Waals surface area contributed by atoms with Gasteiger partial charge < -0.3 is 4.74 Å². The summed E-state index contributed by atoms with van der Waals surface area (Å²) in [6, 6.07) is 12.1. The second-order valence-corrected chi connectivity index (χ2v) is 6.32. The fraction of sp³-hybridized carbons (Fsp3) is 0.368. The van der Waals surface area contributed by atoms with Crippen molar-refractivity contribution in [2.24, 2.45) is 0 Å². The van der Waals surface area contributed by atoms with Crippen molar-refractivity contribution in [1.82, 2.24) is 0 Å². The van der Waals surface area contributed by atoms with Crippen molar-refractivity contribution >= 4 is 0 Å². The van der Waals surface area contributed by atoms with Gasteiger partial charge in [0.15, 0.2) is 0 Å². The third kappa shape index (κ3) is 4.75. The molecule has 0 aliphatic rings. The van der Waals surface area contributed by atoms with Crippen LogP contribution in [0, 0.1) is 6.92 Å². The van der Waals surface area contributed by atoms with Gasteiger partial charge in [0.1, 0.15) is 5.75 Å². The number of hydrogen-bond acceptors (Lipinski definition) is 1. The average molecular weight is 324 g/mol. The van der Waals surface area contributed by atoms with E-state index in [1.807, 2.05) is 25.1 Å². The van der Waals surface area contributed by atoms with Crippen LogP contribution < -0.4 is 4.74 Å². The summed E-state index contributed by atoms with van der Waals surface area (Å²) >= 11 is 0. The van der Waals surface area contributed by atoms with E-state index in [9.17, 15) is 13.2 Å². The summed E-state index contributed by atoms with van der Waals surface area (Å²) in [6.45, 7) is 8.09. The molecule has 23 heavy (non-hydrogen) atoms. The van der Waals surface area contributed by atoms with E-state index in [0.29, 0.717) is 5.56 Å². The van der Waals surface area contributed by atoms with Gasteiger partial charge in [0.05, 0.1) is 0 Å². The first kappa shape index (κ1) is 19.1. The van der Waals surface area contributed by atoms with E-state index in [1.165, 1.54) is 12.1 Å².